The Morgan fingerprint density at radius 3 is 2.52 bits per heavy atom. The van der Waals surface area contributed by atoms with Crippen molar-refractivity contribution in [1.29, 1.82) is 0 Å². The topological polar surface area (TPSA) is 43.6 Å². The van der Waals surface area contributed by atoms with E-state index in [1.54, 1.807) is 0 Å². The lowest BCUT2D eigenvalue weighted by atomic mass is 10.1. The van der Waals surface area contributed by atoms with Crippen molar-refractivity contribution in [2.45, 2.75) is 26.3 Å². The Bertz CT molecular complexity index is 946. The van der Waals surface area contributed by atoms with Gasteiger partial charge in [-0.1, -0.05) is 54.6 Å². The first kappa shape index (κ1) is 18.6. The molecular weight excluding hydrogens is 336 g/mol. The van der Waals surface area contributed by atoms with E-state index in [0.717, 1.165) is 11.3 Å². The molecule has 138 valence electrons. The molecule has 1 heterocycles. The van der Waals surface area contributed by atoms with Crippen LogP contribution in [0.3, 0.4) is 0 Å². The molecule has 4 heteroatoms. The lowest BCUT2D eigenvalue weighted by Crippen LogP contribution is -2.22. The van der Waals surface area contributed by atoms with E-state index in [2.05, 4.69) is 17.1 Å². The summed E-state index contributed by atoms with van der Waals surface area (Å²) in [4.78, 5) is 16.8. The van der Waals surface area contributed by atoms with E-state index in [1.807, 2.05) is 78.4 Å². The van der Waals surface area contributed by atoms with Crippen LogP contribution in [0.4, 0.5) is 0 Å². The zero-order chi connectivity index (χ0) is 18.9. The maximum atomic E-state index is 12.4. The SMILES string of the molecule is CCOc1ccccc1CCC(=O)N=c1ccccn1Cc1ccccc1. The molecular formula is C23H24N2O2. The Morgan fingerprint density at radius 1 is 0.963 bits per heavy atom. The van der Waals surface area contributed by atoms with Crippen LogP contribution in [-0.2, 0) is 17.8 Å². The number of carbonyl (C=O) groups excluding carboxylic acids is 1. The van der Waals surface area contributed by atoms with Crippen LogP contribution in [0.5, 0.6) is 5.75 Å². The highest BCUT2D eigenvalue weighted by Crippen LogP contribution is 2.19. The minimum Gasteiger partial charge on any atom is -0.494 e. The van der Waals surface area contributed by atoms with Gasteiger partial charge in [0.15, 0.2) is 0 Å². The second kappa shape index (κ2) is 9.53. The van der Waals surface area contributed by atoms with Gasteiger partial charge in [0.05, 0.1) is 6.61 Å². The van der Waals surface area contributed by atoms with E-state index in [4.69, 9.17) is 4.74 Å². The Hall–Kier alpha value is -3.14. The molecule has 3 aromatic rings. The molecule has 0 aliphatic rings. The molecule has 0 aliphatic carbocycles. The Labute approximate surface area is 159 Å². The maximum Gasteiger partial charge on any atom is 0.247 e. The minimum absolute atomic E-state index is 0.130. The molecule has 1 aromatic heterocycles. The van der Waals surface area contributed by atoms with Gasteiger partial charge in [-0.05, 0) is 42.7 Å². The highest BCUT2D eigenvalue weighted by atomic mass is 16.5. The van der Waals surface area contributed by atoms with Crippen molar-refractivity contribution >= 4 is 5.91 Å². The number of benzene rings is 2. The zero-order valence-electron chi connectivity index (χ0n) is 15.5. The predicted molar refractivity (Wildman–Crippen MR) is 106 cm³/mol. The normalized spacial score (nSPS) is 11.4. The van der Waals surface area contributed by atoms with E-state index in [0.29, 0.717) is 31.5 Å². The molecule has 0 unspecified atom stereocenters. The number of aromatic nitrogens is 1. The van der Waals surface area contributed by atoms with Crippen molar-refractivity contribution in [1.82, 2.24) is 4.57 Å². The van der Waals surface area contributed by atoms with Crippen LogP contribution in [0.15, 0.2) is 84.0 Å². The van der Waals surface area contributed by atoms with Gasteiger partial charge in [0.25, 0.3) is 0 Å². The predicted octanol–water partition coefficient (Wildman–Crippen LogP) is 4.00. The van der Waals surface area contributed by atoms with Gasteiger partial charge >= 0.3 is 0 Å². The van der Waals surface area contributed by atoms with Gasteiger partial charge in [0, 0.05) is 19.2 Å². The third-order valence-corrected chi connectivity index (χ3v) is 4.23. The van der Waals surface area contributed by atoms with Gasteiger partial charge in [0.1, 0.15) is 11.2 Å². The highest BCUT2D eigenvalue weighted by Gasteiger charge is 2.06. The molecule has 0 saturated heterocycles. The summed E-state index contributed by atoms with van der Waals surface area (Å²) in [5.41, 5.74) is 2.88. The molecule has 1 amide bonds. The second-order valence-corrected chi connectivity index (χ2v) is 6.22. The summed E-state index contributed by atoms with van der Waals surface area (Å²) < 4.78 is 7.61. The average Bonchev–Trinajstić information content (AvgIpc) is 2.70. The number of amides is 1. The number of aryl methyl sites for hydroxylation is 1. The first-order chi connectivity index (χ1) is 13.3. The molecule has 0 saturated carbocycles. The van der Waals surface area contributed by atoms with Crippen LogP contribution in [0, 0.1) is 0 Å². The van der Waals surface area contributed by atoms with Crippen molar-refractivity contribution < 1.29 is 9.53 Å². The lowest BCUT2D eigenvalue weighted by molar-refractivity contribution is -0.118. The van der Waals surface area contributed by atoms with Gasteiger partial charge in [-0.15, -0.1) is 0 Å². The number of rotatable bonds is 7. The quantitative estimate of drug-likeness (QED) is 0.639. The molecule has 0 N–H and O–H groups in total. The van der Waals surface area contributed by atoms with Crippen molar-refractivity contribution in [3.8, 4) is 5.75 Å². The first-order valence-electron chi connectivity index (χ1n) is 9.24. The number of para-hydroxylation sites is 1. The van der Waals surface area contributed by atoms with E-state index in [1.165, 1.54) is 5.56 Å². The van der Waals surface area contributed by atoms with Crippen molar-refractivity contribution in [3.63, 3.8) is 0 Å². The number of hydrogen-bond donors (Lipinski definition) is 0. The molecule has 4 nitrogen and oxygen atoms in total. The largest absolute Gasteiger partial charge is 0.494 e. The number of pyridine rings is 1. The molecule has 0 fully saturated rings. The van der Waals surface area contributed by atoms with Gasteiger partial charge < -0.3 is 9.30 Å². The molecule has 2 aromatic carbocycles. The molecule has 0 aliphatic heterocycles. The van der Waals surface area contributed by atoms with E-state index in [-0.39, 0.29) is 5.91 Å². The van der Waals surface area contributed by atoms with Crippen LogP contribution < -0.4 is 10.2 Å². The van der Waals surface area contributed by atoms with Gasteiger partial charge in [-0.25, -0.2) is 0 Å². The van der Waals surface area contributed by atoms with Crippen molar-refractivity contribution in [3.05, 3.63) is 95.6 Å². The minimum atomic E-state index is -0.130. The van der Waals surface area contributed by atoms with Crippen LogP contribution in [0.2, 0.25) is 0 Å². The Morgan fingerprint density at radius 2 is 1.70 bits per heavy atom. The molecule has 0 bridgehead atoms. The van der Waals surface area contributed by atoms with E-state index >= 15 is 0 Å². The van der Waals surface area contributed by atoms with Crippen molar-refractivity contribution in [2.24, 2.45) is 4.99 Å². The third kappa shape index (κ3) is 5.42. The van der Waals surface area contributed by atoms with Crippen LogP contribution in [0.25, 0.3) is 0 Å². The van der Waals surface area contributed by atoms with Crippen LogP contribution >= 0.6 is 0 Å². The lowest BCUT2D eigenvalue weighted by Gasteiger charge is -2.09. The summed E-state index contributed by atoms with van der Waals surface area (Å²) in [6, 6.07) is 23.7. The smallest absolute Gasteiger partial charge is 0.247 e. The summed E-state index contributed by atoms with van der Waals surface area (Å²) in [6.07, 6.45) is 2.91. The standard InChI is InChI=1S/C23H24N2O2/c1-2-27-21-13-7-6-12-20(21)15-16-23(26)24-22-14-8-9-17-25(22)18-19-10-4-3-5-11-19/h3-14,17H,2,15-16,18H2,1H3. The molecule has 27 heavy (non-hydrogen) atoms. The molecule has 0 atom stereocenters. The number of nitrogens with zero attached hydrogens (tertiary/aromatic N) is 2. The summed E-state index contributed by atoms with van der Waals surface area (Å²) in [7, 11) is 0. The number of hydrogen-bond acceptors (Lipinski definition) is 2. The monoisotopic (exact) mass is 360 g/mol. The van der Waals surface area contributed by atoms with Crippen LogP contribution in [0.1, 0.15) is 24.5 Å². The van der Waals surface area contributed by atoms with E-state index < -0.39 is 0 Å². The fourth-order valence-electron chi connectivity index (χ4n) is 2.91. The third-order valence-electron chi connectivity index (χ3n) is 4.23. The Balaban J connectivity index is 1.72. The first-order valence-corrected chi connectivity index (χ1v) is 9.24. The van der Waals surface area contributed by atoms with Gasteiger partial charge in [0.2, 0.25) is 5.91 Å². The van der Waals surface area contributed by atoms with Crippen molar-refractivity contribution in [2.75, 3.05) is 6.61 Å². The number of carbonyl (C=O) groups is 1. The Kier molecular flexibility index (Phi) is 6.58. The molecule has 0 spiro atoms. The summed E-state index contributed by atoms with van der Waals surface area (Å²) in [6.45, 7) is 3.25. The average molecular weight is 360 g/mol. The fourth-order valence-corrected chi connectivity index (χ4v) is 2.91. The summed E-state index contributed by atoms with van der Waals surface area (Å²) in [5.74, 6) is 0.709. The number of ether oxygens (including phenoxy) is 1. The van der Waals surface area contributed by atoms with E-state index in [9.17, 15) is 4.79 Å². The zero-order valence-corrected chi connectivity index (χ0v) is 15.5. The summed E-state index contributed by atoms with van der Waals surface area (Å²) >= 11 is 0. The van der Waals surface area contributed by atoms with Gasteiger partial charge in [-0.3, -0.25) is 4.79 Å². The highest BCUT2D eigenvalue weighted by molar-refractivity contribution is 5.77. The second-order valence-electron chi connectivity index (χ2n) is 6.22. The summed E-state index contributed by atoms with van der Waals surface area (Å²) in [5, 5.41) is 0. The van der Waals surface area contributed by atoms with Crippen LogP contribution in [-0.4, -0.2) is 17.1 Å². The molecule has 3 rings (SSSR count). The van der Waals surface area contributed by atoms with Gasteiger partial charge in [-0.2, -0.15) is 4.99 Å². The maximum absolute atomic E-state index is 12.4. The fraction of sp³-hybridized carbons (Fsp3) is 0.217. The molecule has 0 radical (unpaired) electrons.